The fourth-order valence-electron chi connectivity index (χ4n) is 1.19. The minimum Gasteiger partial charge on any atom is -0.462 e. The van der Waals surface area contributed by atoms with Gasteiger partial charge in [-0.25, -0.2) is 0 Å². The summed E-state index contributed by atoms with van der Waals surface area (Å²) in [6, 6.07) is 0. The molecule has 2 unspecified atom stereocenters. The topological polar surface area (TPSA) is 96.0 Å². The second-order valence-electron chi connectivity index (χ2n) is 3.55. The van der Waals surface area contributed by atoms with Crippen molar-refractivity contribution in [3.8, 4) is 0 Å². The number of hydrogen-bond acceptors (Lipinski definition) is 7. The molecular weight excluding hydrogens is 256 g/mol. The highest BCUT2D eigenvalue weighted by Crippen LogP contribution is 2.09. The van der Waals surface area contributed by atoms with Crippen LogP contribution >= 0.6 is 0 Å². The smallest absolute Gasteiger partial charge is 0.303 e. The van der Waals surface area contributed by atoms with Crippen molar-refractivity contribution in [2.75, 3.05) is 6.61 Å². The molecule has 0 rings (SSSR count). The van der Waals surface area contributed by atoms with Crippen LogP contribution in [0, 0.1) is 0 Å². The van der Waals surface area contributed by atoms with Gasteiger partial charge >= 0.3 is 17.9 Å². The lowest BCUT2D eigenvalue weighted by molar-refractivity contribution is -0.169. The van der Waals surface area contributed by atoms with E-state index in [4.69, 9.17) is 14.2 Å². The van der Waals surface area contributed by atoms with Crippen LogP contribution in [0.15, 0.2) is 12.2 Å². The zero-order chi connectivity index (χ0) is 14.8. The van der Waals surface area contributed by atoms with Crippen LogP contribution in [0.5, 0.6) is 0 Å². The summed E-state index contributed by atoms with van der Waals surface area (Å²) in [4.78, 5) is 43.0. The second kappa shape index (κ2) is 8.84. The molecule has 0 saturated heterocycles. The Morgan fingerprint density at radius 3 is 2.00 bits per heavy atom. The van der Waals surface area contributed by atoms with Crippen LogP contribution in [-0.2, 0) is 33.4 Å². The van der Waals surface area contributed by atoms with E-state index in [0.29, 0.717) is 6.29 Å². The van der Waals surface area contributed by atoms with Crippen molar-refractivity contribution < 1.29 is 33.4 Å². The minimum atomic E-state index is -1.01. The van der Waals surface area contributed by atoms with Crippen LogP contribution in [0.4, 0.5) is 0 Å². The van der Waals surface area contributed by atoms with Crippen molar-refractivity contribution in [2.45, 2.75) is 33.0 Å². The van der Waals surface area contributed by atoms with Crippen LogP contribution in [0.1, 0.15) is 20.8 Å². The van der Waals surface area contributed by atoms with Gasteiger partial charge in [-0.05, 0) is 12.2 Å². The maximum Gasteiger partial charge on any atom is 0.303 e. The van der Waals surface area contributed by atoms with Gasteiger partial charge in [0.15, 0.2) is 12.2 Å². The summed E-state index contributed by atoms with van der Waals surface area (Å²) in [5.74, 6) is -1.83. The molecule has 0 fully saturated rings. The molecule has 0 aromatic heterocycles. The third-order valence-electron chi connectivity index (χ3n) is 1.82. The predicted molar refractivity (Wildman–Crippen MR) is 62.9 cm³/mol. The molecule has 0 bridgehead atoms. The number of allylic oxidation sites excluding steroid dienone is 1. The van der Waals surface area contributed by atoms with E-state index in [0.717, 1.165) is 13.0 Å². The van der Waals surface area contributed by atoms with Gasteiger partial charge in [0, 0.05) is 20.8 Å². The lowest BCUT2D eigenvalue weighted by atomic mass is 10.2. The molecule has 0 aliphatic heterocycles. The third kappa shape index (κ3) is 8.53. The van der Waals surface area contributed by atoms with Gasteiger partial charge in [0.2, 0.25) is 0 Å². The van der Waals surface area contributed by atoms with Gasteiger partial charge < -0.3 is 14.2 Å². The van der Waals surface area contributed by atoms with Crippen molar-refractivity contribution >= 4 is 24.2 Å². The van der Waals surface area contributed by atoms with Crippen LogP contribution < -0.4 is 0 Å². The van der Waals surface area contributed by atoms with Gasteiger partial charge in [-0.15, -0.1) is 0 Å². The quantitative estimate of drug-likeness (QED) is 0.282. The van der Waals surface area contributed by atoms with Gasteiger partial charge in [-0.3, -0.25) is 19.2 Å². The van der Waals surface area contributed by atoms with Crippen LogP contribution in [-0.4, -0.2) is 43.0 Å². The Balaban J connectivity index is 4.91. The number of esters is 3. The molecular formula is C12H16O7. The van der Waals surface area contributed by atoms with Crippen molar-refractivity contribution in [2.24, 2.45) is 0 Å². The number of carbonyl (C=O) groups is 4. The monoisotopic (exact) mass is 272 g/mol. The van der Waals surface area contributed by atoms with Crippen LogP contribution in [0.25, 0.3) is 0 Å². The summed E-state index contributed by atoms with van der Waals surface area (Å²) in [5, 5.41) is 0. The lowest BCUT2D eigenvalue weighted by Gasteiger charge is -2.23. The van der Waals surface area contributed by atoms with E-state index in [-0.39, 0.29) is 6.61 Å². The average Bonchev–Trinajstić information content (AvgIpc) is 2.28. The molecule has 7 nitrogen and oxygen atoms in total. The number of carbonyl (C=O) groups excluding carboxylic acids is 4. The highest BCUT2D eigenvalue weighted by atomic mass is 16.6. The Bertz CT molecular complexity index is 372. The highest BCUT2D eigenvalue weighted by molar-refractivity contribution is 5.69. The molecule has 0 N–H and O–H groups in total. The van der Waals surface area contributed by atoms with E-state index >= 15 is 0 Å². The molecule has 0 aliphatic rings. The average molecular weight is 272 g/mol. The lowest BCUT2D eigenvalue weighted by Crippen LogP contribution is -2.37. The standard InChI is InChI=1S/C12H16O7/c1-8(14)17-7-12(19-10(3)16)11(5-4-6-13)18-9(2)15/h4-6,11-12H,7H2,1-3H3/b5-4+. The molecule has 106 valence electrons. The minimum absolute atomic E-state index is 0.282. The van der Waals surface area contributed by atoms with E-state index in [9.17, 15) is 19.2 Å². The number of rotatable bonds is 7. The Kier molecular flexibility index (Phi) is 7.83. The first-order valence-corrected chi connectivity index (χ1v) is 5.46. The molecule has 0 radical (unpaired) electrons. The summed E-state index contributed by atoms with van der Waals surface area (Å²) >= 11 is 0. The summed E-state index contributed by atoms with van der Waals surface area (Å²) in [5.41, 5.74) is 0. The van der Waals surface area contributed by atoms with E-state index in [1.807, 2.05) is 0 Å². The Labute approximate surface area is 110 Å². The van der Waals surface area contributed by atoms with Crippen LogP contribution in [0.3, 0.4) is 0 Å². The van der Waals surface area contributed by atoms with Crippen molar-refractivity contribution in [1.82, 2.24) is 0 Å². The molecule has 0 amide bonds. The first-order chi connectivity index (χ1) is 8.86. The fraction of sp³-hybridized carbons (Fsp3) is 0.500. The zero-order valence-electron chi connectivity index (χ0n) is 11.0. The van der Waals surface area contributed by atoms with Gasteiger partial charge in [0.05, 0.1) is 0 Å². The Morgan fingerprint density at radius 2 is 1.58 bits per heavy atom. The van der Waals surface area contributed by atoms with E-state index in [1.165, 1.54) is 19.9 Å². The summed E-state index contributed by atoms with van der Waals surface area (Å²) in [6.45, 7) is 3.23. The van der Waals surface area contributed by atoms with Gasteiger partial charge in [0.25, 0.3) is 0 Å². The largest absolute Gasteiger partial charge is 0.462 e. The first kappa shape index (κ1) is 16.8. The van der Waals surface area contributed by atoms with Crippen molar-refractivity contribution in [3.63, 3.8) is 0 Å². The molecule has 0 aromatic rings. The zero-order valence-corrected chi connectivity index (χ0v) is 11.0. The Morgan fingerprint density at radius 1 is 1.00 bits per heavy atom. The molecule has 19 heavy (non-hydrogen) atoms. The molecule has 0 spiro atoms. The van der Waals surface area contributed by atoms with E-state index < -0.39 is 30.1 Å². The maximum atomic E-state index is 11.0. The molecule has 7 heteroatoms. The highest BCUT2D eigenvalue weighted by Gasteiger charge is 2.26. The Hall–Kier alpha value is -2.18. The summed E-state index contributed by atoms with van der Waals surface area (Å²) in [6.07, 6.45) is 0.795. The summed E-state index contributed by atoms with van der Waals surface area (Å²) in [7, 11) is 0. The predicted octanol–water partition coefficient (Wildman–Crippen LogP) is 0.168. The molecule has 2 atom stereocenters. The number of aldehydes is 1. The van der Waals surface area contributed by atoms with Gasteiger partial charge in [-0.2, -0.15) is 0 Å². The first-order valence-electron chi connectivity index (χ1n) is 5.46. The molecule has 0 aliphatic carbocycles. The van der Waals surface area contributed by atoms with Gasteiger partial charge in [0.1, 0.15) is 12.9 Å². The number of hydrogen-bond donors (Lipinski definition) is 0. The van der Waals surface area contributed by atoms with Crippen molar-refractivity contribution in [3.05, 3.63) is 12.2 Å². The normalized spacial score (nSPS) is 13.4. The van der Waals surface area contributed by atoms with E-state index in [1.54, 1.807) is 0 Å². The summed E-state index contributed by atoms with van der Waals surface area (Å²) < 4.78 is 14.5. The van der Waals surface area contributed by atoms with E-state index in [2.05, 4.69) is 0 Å². The molecule has 0 heterocycles. The van der Waals surface area contributed by atoms with Crippen molar-refractivity contribution in [1.29, 1.82) is 0 Å². The molecule has 0 saturated carbocycles. The molecule has 0 aromatic carbocycles. The second-order valence-corrected chi connectivity index (χ2v) is 3.55. The van der Waals surface area contributed by atoms with Gasteiger partial charge in [-0.1, -0.05) is 0 Å². The third-order valence-corrected chi connectivity index (χ3v) is 1.82. The fourth-order valence-corrected chi connectivity index (χ4v) is 1.19. The number of ether oxygens (including phenoxy) is 3. The van der Waals surface area contributed by atoms with Crippen LogP contribution in [0.2, 0.25) is 0 Å². The SMILES string of the molecule is CC(=O)OCC(OC(C)=O)C(/C=C/C=O)OC(C)=O. The maximum absolute atomic E-state index is 11.0.